The molecule has 0 fully saturated rings. The smallest absolute Gasteiger partial charge is 0.244 e. The third kappa shape index (κ3) is 5.17. The van der Waals surface area contributed by atoms with Gasteiger partial charge < -0.3 is 10.4 Å². The van der Waals surface area contributed by atoms with Crippen LogP contribution in [-0.2, 0) is 11.8 Å². The van der Waals surface area contributed by atoms with E-state index in [-0.39, 0.29) is 17.9 Å². The number of carbonyl (C=O) groups excluding carboxylic acids is 1. The summed E-state index contributed by atoms with van der Waals surface area (Å²) in [4.78, 5) is 11.7. The molecule has 5 nitrogen and oxygen atoms in total. The van der Waals surface area contributed by atoms with E-state index in [1.165, 1.54) is 6.08 Å². The monoisotopic (exact) mass is 279 g/mol. The lowest BCUT2D eigenvalue weighted by molar-refractivity contribution is -0.116. The summed E-state index contributed by atoms with van der Waals surface area (Å²) in [5, 5.41) is 16.1. The van der Waals surface area contributed by atoms with Crippen molar-refractivity contribution in [3.63, 3.8) is 0 Å². The topological polar surface area (TPSA) is 67.2 Å². The van der Waals surface area contributed by atoms with Crippen LogP contribution in [0, 0.1) is 12.3 Å². The summed E-state index contributed by atoms with van der Waals surface area (Å²) in [6, 6.07) is 0. The maximum absolute atomic E-state index is 11.7. The zero-order chi connectivity index (χ0) is 15.2. The van der Waals surface area contributed by atoms with Crippen LogP contribution in [0.1, 0.15) is 37.9 Å². The second-order valence-corrected chi connectivity index (χ2v) is 5.86. The highest BCUT2D eigenvalue weighted by Crippen LogP contribution is 2.20. The highest BCUT2D eigenvalue weighted by molar-refractivity contribution is 5.91. The van der Waals surface area contributed by atoms with Gasteiger partial charge in [0.2, 0.25) is 5.91 Å². The van der Waals surface area contributed by atoms with E-state index >= 15 is 0 Å². The quantitative estimate of drug-likeness (QED) is 0.589. The molecule has 1 amide bonds. The van der Waals surface area contributed by atoms with Gasteiger partial charge in [0.1, 0.15) is 0 Å². The molecule has 5 heteroatoms. The van der Waals surface area contributed by atoms with Crippen LogP contribution in [-0.4, -0.2) is 33.9 Å². The molecule has 1 aromatic heterocycles. The Balaban J connectivity index is 2.32. The number of aryl methyl sites for hydroxylation is 1. The molecule has 0 aliphatic carbocycles. The Morgan fingerprint density at radius 3 is 2.80 bits per heavy atom. The van der Waals surface area contributed by atoms with Gasteiger partial charge >= 0.3 is 0 Å². The molecule has 0 aliphatic rings. The van der Waals surface area contributed by atoms with Gasteiger partial charge in [-0.15, -0.1) is 0 Å². The number of rotatable bonds is 7. The van der Waals surface area contributed by atoms with E-state index in [2.05, 4.69) is 10.4 Å². The fourth-order valence-electron chi connectivity index (χ4n) is 1.76. The third-order valence-electron chi connectivity index (χ3n) is 3.45. The van der Waals surface area contributed by atoms with Crippen molar-refractivity contribution in [1.82, 2.24) is 15.1 Å². The van der Waals surface area contributed by atoms with Crippen LogP contribution in [0.3, 0.4) is 0 Å². The van der Waals surface area contributed by atoms with Crippen LogP contribution < -0.4 is 5.32 Å². The van der Waals surface area contributed by atoms with Gasteiger partial charge in [-0.05, 0) is 31.3 Å². The number of amides is 1. The molecule has 0 aliphatic heterocycles. The first-order chi connectivity index (χ1) is 9.35. The zero-order valence-electron chi connectivity index (χ0n) is 12.8. The minimum absolute atomic E-state index is 0.0760. The van der Waals surface area contributed by atoms with Crippen molar-refractivity contribution in [2.75, 3.05) is 13.2 Å². The van der Waals surface area contributed by atoms with Crippen LogP contribution in [0.2, 0.25) is 0 Å². The molecule has 1 rings (SSSR count). The van der Waals surface area contributed by atoms with Crippen molar-refractivity contribution in [2.45, 2.75) is 33.6 Å². The summed E-state index contributed by atoms with van der Waals surface area (Å²) < 4.78 is 1.77. The highest BCUT2D eigenvalue weighted by Gasteiger charge is 2.15. The van der Waals surface area contributed by atoms with Gasteiger partial charge in [-0.1, -0.05) is 13.8 Å². The lowest BCUT2D eigenvalue weighted by Gasteiger charge is -2.20. The van der Waals surface area contributed by atoms with Gasteiger partial charge in [0.25, 0.3) is 0 Å². The summed E-state index contributed by atoms with van der Waals surface area (Å²) >= 11 is 0. The van der Waals surface area contributed by atoms with Gasteiger partial charge in [-0.25, -0.2) is 0 Å². The number of nitrogens with zero attached hydrogens (tertiary/aromatic N) is 2. The predicted molar refractivity (Wildman–Crippen MR) is 80.1 cm³/mol. The molecule has 0 atom stereocenters. The van der Waals surface area contributed by atoms with E-state index in [0.717, 1.165) is 24.1 Å². The van der Waals surface area contributed by atoms with Gasteiger partial charge in [-0.3, -0.25) is 9.48 Å². The number of aromatic nitrogens is 2. The summed E-state index contributed by atoms with van der Waals surface area (Å²) in [5.41, 5.74) is 1.90. The van der Waals surface area contributed by atoms with Crippen molar-refractivity contribution < 1.29 is 9.90 Å². The molecule has 20 heavy (non-hydrogen) atoms. The lowest BCUT2D eigenvalue weighted by Crippen LogP contribution is -2.24. The Bertz CT molecular complexity index is 475. The molecule has 1 heterocycles. The summed E-state index contributed by atoms with van der Waals surface area (Å²) in [7, 11) is 1.87. The first-order valence-corrected chi connectivity index (χ1v) is 6.91. The summed E-state index contributed by atoms with van der Waals surface area (Å²) in [5.74, 6) is -0.102. The Hall–Kier alpha value is -1.62. The fourth-order valence-corrected chi connectivity index (χ4v) is 1.76. The Labute approximate surface area is 120 Å². The molecule has 0 saturated carbocycles. The van der Waals surface area contributed by atoms with E-state index in [9.17, 15) is 4.79 Å². The van der Waals surface area contributed by atoms with Gasteiger partial charge in [-0.2, -0.15) is 5.10 Å². The van der Waals surface area contributed by atoms with E-state index in [1.807, 2.05) is 27.8 Å². The van der Waals surface area contributed by atoms with Gasteiger partial charge in [0, 0.05) is 37.5 Å². The van der Waals surface area contributed by atoms with Gasteiger partial charge in [0.05, 0.1) is 6.20 Å². The number of nitrogens with one attached hydrogen (secondary N) is 1. The third-order valence-corrected chi connectivity index (χ3v) is 3.45. The molecular formula is C15H25N3O2. The maximum Gasteiger partial charge on any atom is 0.244 e. The second kappa shape index (κ2) is 7.24. The van der Waals surface area contributed by atoms with Crippen LogP contribution in [0.5, 0.6) is 0 Å². The molecular weight excluding hydrogens is 254 g/mol. The normalized spacial score (nSPS) is 12.1. The lowest BCUT2D eigenvalue weighted by atomic mass is 9.89. The molecule has 0 bridgehead atoms. The summed E-state index contributed by atoms with van der Waals surface area (Å²) in [6.45, 7) is 6.78. The first kappa shape index (κ1) is 16.4. The molecule has 1 aromatic rings. The minimum Gasteiger partial charge on any atom is -0.396 e. The Kier molecular flexibility index (Phi) is 5.95. The Morgan fingerprint density at radius 1 is 1.55 bits per heavy atom. The molecule has 0 radical (unpaired) electrons. The van der Waals surface area contributed by atoms with Crippen molar-refractivity contribution in [2.24, 2.45) is 12.5 Å². The fraction of sp³-hybridized carbons (Fsp3) is 0.600. The number of hydrogen-bond acceptors (Lipinski definition) is 3. The van der Waals surface area contributed by atoms with Crippen molar-refractivity contribution >= 4 is 12.0 Å². The number of carbonyl (C=O) groups is 1. The van der Waals surface area contributed by atoms with Crippen molar-refractivity contribution in [1.29, 1.82) is 0 Å². The SMILES string of the molecule is Cc1c(/C=C/C(=O)NCCCC(C)(C)CO)cnn1C. The van der Waals surface area contributed by atoms with E-state index in [1.54, 1.807) is 17.0 Å². The average molecular weight is 279 g/mol. The van der Waals surface area contributed by atoms with Crippen LogP contribution in [0.4, 0.5) is 0 Å². The first-order valence-electron chi connectivity index (χ1n) is 6.91. The average Bonchev–Trinajstić information content (AvgIpc) is 2.73. The predicted octanol–water partition coefficient (Wildman–Crippen LogP) is 1.66. The van der Waals surface area contributed by atoms with Crippen LogP contribution in [0.25, 0.3) is 6.08 Å². The van der Waals surface area contributed by atoms with Crippen molar-refractivity contribution in [3.05, 3.63) is 23.5 Å². The van der Waals surface area contributed by atoms with E-state index < -0.39 is 0 Å². The standard InChI is InChI=1S/C15H25N3O2/c1-12-13(10-17-18(12)4)6-7-14(20)16-9-5-8-15(2,3)11-19/h6-7,10,19H,5,8-9,11H2,1-4H3,(H,16,20)/b7-6+. The number of hydrogen-bond donors (Lipinski definition) is 2. The van der Waals surface area contributed by atoms with E-state index in [4.69, 9.17) is 5.11 Å². The molecule has 0 spiro atoms. The largest absolute Gasteiger partial charge is 0.396 e. The van der Waals surface area contributed by atoms with Crippen LogP contribution >= 0.6 is 0 Å². The second-order valence-electron chi connectivity index (χ2n) is 5.86. The molecule has 112 valence electrons. The number of aliphatic hydroxyl groups excluding tert-OH is 1. The molecule has 0 aromatic carbocycles. The van der Waals surface area contributed by atoms with Crippen LogP contribution in [0.15, 0.2) is 12.3 Å². The minimum atomic E-state index is -0.102. The maximum atomic E-state index is 11.7. The van der Waals surface area contributed by atoms with Crippen molar-refractivity contribution in [3.8, 4) is 0 Å². The zero-order valence-corrected chi connectivity index (χ0v) is 12.8. The van der Waals surface area contributed by atoms with Gasteiger partial charge in [0.15, 0.2) is 0 Å². The molecule has 0 unspecified atom stereocenters. The molecule has 0 saturated heterocycles. The highest BCUT2D eigenvalue weighted by atomic mass is 16.3. The number of aliphatic hydroxyl groups is 1. The summed E-state index contributed by atoms with van der Waals surface area (Å²) in [6.07, 6.45) is 6.79. The Morgan fingerprint density at radius 2 is 2.25 bits per heavy atom. The van der Waals surface area contributed by atoms with E-state index in [0.29, 0.717) is 6.54 Å². The molecule has 2 N–H and O–H groups in total.